The molecular formula is C31H29N5O6S. The van der Waals surface area contributed by atoms with Crippen molar-refractivity contribution in [1.29, 1.82) is 0 Å². The SMILES string of the molecule is O=C(COc1c(-c2ccccc2)nn2ccccc12)NCCCn1c(=O)c(-c2ccccc2)c2n(c1=O)CCCS2(=O)=O. The summed E-state index contributed by atoms with van der Waals surface area (Å²) in [5, 5.41) is 7.17. The molecule has 6 rings (SSSR count). The van der Waals surface area contributed by atoms with Crippen LogP contribution < -0.4 is 21.3 Å². The van der Waals surface area contributed by atoms with Crippen LogP contribution in [0.4, 0.5) is 0 Å². The zero-order valence-corrected chi connectivity index (χ0v) is 24.0. The second-order valence-electron chi connectivity index (χ2n) is 10.2. The van der Waals surface area contributed by atoms with Crippen molar-refractivity contribution in [2.75, 3.05) is 18.9 Å². The fourth-order valence-electron chi connectivity index (χ4n) is 5.32. The van der Waals surface area contributed by atoms with E-state index in [-0.39, 0.29) is 61.3 Å². The standard InChI is InChI=1S/C31H29N5O6S/c37-25(21-42-28-24-15-7-8-19-36(24)33-27(28)23-13-5-2-6-14-23)32-16-9-17-34-29(38)26(22-11-3-1-4-12-22)30-35(31(34)39)18-10-20-43(30,40)41/h1-8,11-15,19H,9-10,16-18,20-21H2,(H,32,37). The second-order valence-corrected chi connectivity index (χ2v) is 12.2. The van der Waals surface area contributed by atoms with Gasteiger partial charge < -0.3 is 10.1 Å². The molecule has 0 bridgehead atoms. The summed E-state index contributed by atoms with van der Waals surface area (Å²) in [5.74, 6) is -0.00906. The first-order chi connectivity index (χ1) is 20.8. The summed E-state index contributed by atoms with van der Waals surface area (Å²) in [6.45, 7) is 0.129. The predicted octanol–water partition coefficient (Wildman–Crippen LogP) is 2.75. The summed E-state index contributed by atoms with van der Waals surface area (Å²) in [7, 11) is -3.81. The molecular weight excluding hydrogens is 570 g/mol. The van der Waals surface area contributed by atoms with Crippen molar-refractivity contribution in [1.82, 2.24) is 24.1 Å². The van der Waals surface area contributed by atoms with Crippen molar-refractivity contribution in [3.8, 4) is 28.1 Å². The third-order valence-electron chi connectivity index (χ3n) is 7.30. The molecule has 0 saturated carbocycles. The first-order valence-corrected chi connectivity index (χ1v) is 15.6. The molecule has 0 saturated heterocycles. The molecule has 0 radical (unpaired) electrons. The van der Waals surface area contributed by atoms with Gasteiger partial charge in [0.1, 0.15) is 11.2 Å². The molecule has 12 heteroatoms. The number of aromatic nitrogens is 4. The lowest BCUT2D eigenvalue weighted by Crippen LogP contribution is -2.45. The van der Waals surface area contributed by atoms with Crippen LogP contribution in [0.3, 0.4) is 0 Å². The van der Waals surface area contributed by atoms with Crippen LogP contribution in [-0.4, -0.2) is 52.0 Å². The Labute approximate surface area is 246 Å². The van der Waals surface area contributed by atoms with Crippen LogP contribution in [0.25, 0.3) is 27.9 Å². The topological polar surface area (TPSA) is 134 Å². The highest BCUT2D eigenvalue weighted by molar-refractivity contribution is 7.91. The zero-order valence-electron chi connectivity index (χ0n) is 23.2. The third kappa shape index (κ3) is 5.48. The highest BCUT2D eigenvalue weighted by atomic mass is 32.2. The maximum absolute atomic E-state index is 13.5. The quantitative estimate of drug-likeness (QED) is 0.203. The number of carbonyl (C=O) groups is 1. The summed E-state index contributed by atoms with van der Waals surface area (Å²) in [6.07, 6.45) is 2.36. The fraction of sp³-hybridized carbons (Fsp3) is 0.226. The Balaban J connectivity index is 1.16. The molecule has 0 unspecified atom stereocenters. The van der Waals surface area contributed by atoms with E-state index in [1.807, 2.05) is 48.5 Å². The van der Waals surface area contributed by atoms with Crippen molar-refractivity contribution in [2.24, 2.45) is 0 Å². The summed E-state index contributed by atoms with van der Waals surface area (Å²) in [4.78, 5) is 39.5. The lowest BCUT2D eigenvalue weighted by atomic mass is 10.1. The number of sulfone groups is 1. The number of nitrogens with one attached hydrogen (secondary N) is 1. The van der Waals surface area contributed by atoms with Crippen molar-refractivity contribution >= 4 is 21.3 Å². The van der Waals surface area contributed by atoms with Gasteiger partial charge in [0.2, 0.25) is 0 Å². The van der Waals surface area contributed by atoms with Crippen LogP contribution in [0.2, 0.25) is 0 Å². The van der Waals surface area contributed by atoms with Gasteiger partial charge in [-0.1, -0.05) is 66.7 Å². The number of benzene rings is 2. The minimum absolute atomic E-state index is 0.0000375. The number of rotatable bonds is 9. The van der Waals surface area contributed by atoms with Crippen molar-refractivity contribution in [2.45, 2.75) is 31.0 Å². The molecule has 4 heterocycles. The molecule has 0 atom stereocenters. The molecule has 5 aromatic rings. The second kappa shape index (κ2) is 11.7. The van der Waals surface area contributed by atoms with Gasteiger partial charge in [-0.15, -0.1) is 0 Å². The molecule has 1 aliphatic rings. The minimum atomic E-state index is -3.81. The van der Waals surface area contributed by atoms with E-state index in [0.717, 1.165) is 15.6 Å². The number of pyridine rings is 1. The number of carbonyl (C=O) groups excluding carboxylic acids is 1. The van der Waals surface area contributed by atoms with Crippen molar-refractivity contribution in [3.63, 3.8) is 0 Å². The molecule has 1 amide bonds. The van der Waals surface area contributed by atoms with Crippen LogP contribution >= 0.6 is 0 Å². The Morgan fingerprint density at radius 2 is 1.63 bits per heavy atom. The number of hydrogen-bond acceptors (Lipinski definition) is 7. The summed E-state index contributed by atoms with van der Waals surface area (Å²) in [5.41, 5.74) is 1.29. The first kappa shape index (κ1) is 28.2. The number of hydrogen-bond donors (Lipinski definition) is 1. The summed E-state index contributed by atoms with van der Waals surface area (Å²) in [6, 6.07) is 23.6. The smallest absolute Gasteiger partial charge is 0.332 e. The van der Waals surface area contributed by atoms with E-state index in [4.69, 9.17) is 4.74 Å². The van der Waals surface area contributed by atoms with Gasteiger partial charge in [0.05, 0.1) is 11.3 Å². The van der Waals surface area contributed by atoms with E-state index < -0.39 is 21.1 Å². The Bertz CT molecular complexity index is 2030. The van der Waals surface area contributed by atoms with Crippen LogP contribution in [0.15, 0.2) is 99.7 Å². The Hall–Kier alpha value is -4.97. The van der Waals surface area contributed by atoms with E-state index in [1.165, 1.54) is 4.57 Å². The highest BCUT2D eigenvalue weighted by Crippen LogP contribution is 2.33. The summed E-state index contributed by atoms with van der Waals surface area (Å²) >= 11 is 0. The lowest BCUT2D eigenvalue weighted by Gasteiger charge is -2.23. The van der Waals surface area contributed by atoms with Crippen LogP contribution in [-0.2, 0) is 27.7 Å². The van der Waals surface area contributed by atoms with Crippen molar-refractivity contribution < 1.29 is 17.9 Å². The molecule has 0 aliphatic carbocycles. The van der Waals surface area contributed by atoms with Crippen LogP contribution in [0.5, 0.6) is 5.75 Å². The van der Waals surface area contributed by atoms with E-state index in [1.54, 1.807) is 41.0 Å². The highest BCUT2D eigenvalue weighted by Gasteiger charge is 2.32. The Morgan fingerprint density at radius 3 is 2.37 bits per heavy atom. The first-order valence-electron chi connectivity index (χ1n) is 13.9. The van der Waals surface area contributed by atoms with Gasteiger partial charge in [-0.05, 0) is 30.5 Å². The van der Waals surface area contributed by atoms with E-state index >= 15 is 0 Å². The van der Waals surface area contributed by atoms with Crippen molar-refractivity contribution in [3.05, 3.63) is 106 Å². The van der Waals surface area contributed by atoms with Gasteiger partial charge in [-0.25, -0.2) is 17.7 Å². The van der Waals surface area contributed by atoms with Crippen LogP contribution in [0.1, 0.15) is 12.8 Å². The maximum Gasteiger partial charge on any atom is 0.332 e. The average Bonchev–Trinajstić information content (AvgIpc) is 3.39. The molecule has 1 aliphatic heterocycles. The van der Waals surface area contributed by atoms with Gasteiger partial charge in [0, 0.05) is 31.4 Å². The Morgan fingerprint density at radius 1 is 0.930 bits per heavy atom. The van der Waals surface area contributed by atoms with E-state index in [9.17, 15) is 22.8 Å². The molecule has 1 N–H and O–H groups in total. The van der Waals surface area contributed by atoms with E-state index in [0.29, 0.717) is 17.0 Å². The molecule has 0 fully saturated rings. The number of fused-ring (bicyclic) bond motifs is 2. The van der Waals surface area contributed by atoms with Crippen LogP contribution in [0, 0.1) is 0 Å². The van der Waals surface area contributed by atoms with Gasteiger partial charge in [0.25, 0.3) is 11.5 Å². The maximum atomic E-state index is 13.5. The molecule has 220 valence electrons. The monoisotopic (exact) mass is 599 g/mol. The molecule has 3 aromatic heterocycles. The Kier molecular flexibility index (Phi) is 7.68. The normalized spacial score (nSPS) is 13.9. The molecule has 11 nitrogen and oxygen atoms in total. The fourth-order valence-corrected chi connectivity index (χ4v) is 7.04. The average molecular weight is 600 g/mol. The largest absolute Gasteiger partial charge is 0.479 e. The van der Waals surface area contributed by atoms with Gasteiger partial charge >= 0.3 is 5.69 Å². The van der Waals surface area contributed by atoms with Gasteiger partial charge in [-0.3, -0.25) is 18.7 Å². The zero-order chi connectivity index (χ0) is 30.0. The molecule has 2 aromatic carbocycles. The minimum Gasteiger partial charge on any atom is -0.479 e. The molecule has 43 heavy (non-hydrogen) atoms. The lowest BCUT2D eigenvalue weighted by molar-refractivity contribution is -0.123. The predicted molar refractivity (Wildman–Crippen MR) is 161 cm³/mol. The third-order valence-corrected chi connectivity index (χ3v) is 9.14. The van der Waals surface area contributed by atoms with E-state index in [2.05, 4.69) is 10.4 Å². The van der Waals surface area contributed by atoms with Gasteiger partial charge in [0.15, 0.2) is 27.2 Å². The molecule has 0 spiro atoms. The number of nitrogens with zero attached hydrogens (tertiary/aromatic N) is 4. The number of ether oxygens (including phenoxy) is 1. The number of amides is 1. The summed E-state index contributed by atoms with van der Waals surface area (Å²) < 4.78 is 35.8. The van der Waals surface area contributed by atoms with Gasteiger partial charge in [-0.2, -0.15) is 5.10 Å².